The number of carbonyl (C=O) groups excluding carboxylic acids is 4. The van der Waals surface area contributed by atoms with Crippen molar-refractivity contribution in [3.05, 3.63) is 12.7 Å². The lowest BCUT2D eigenvalue weighted by molar-refractivity contribution is -0.137. The number of nitrogen functional groups attached to an aromatic ring is 1. The molecule has 1 aliphatic rings. The minimum absolute atomic E-state index is 0.0223. The third-order valence-corrected chi connectivity index (χ3v) is 12.0. The Morgan fingerprint density at radius 1 is 1.04 bits per heavy atom. The van der Waals surface area contributed by atoms with Crippen molar-refractivity contribution in [2.45, 2.75) is 76.7 Å². The fourth-order valence-electron chi connectivity index (χ4n) is 4.87. The zero-order valence-corrected chi connectivity index (χ0v) is 34.1. The van der Waals surface area contributed by atoms with Crippen LogP contribution in [0.25, 0.3) is 11.2 Å². The third kappa shape index (κ3) is 15.1. The molecule has 2 aromatic heterocycles. The summed E-state index contributed by atoms with van der Waals surface area (Å²) in [6, 6.07) is -0.813. The molecule has 1 aliphatic heterocycles. The van der Waals surface area contributed by atoms with Gasteiger partial charge in [-0.05, 0) is 13.3 Å². The van der Waals surface area contributed by atoms with Crippen molar-refractivity contribution in [3.63, 3.8) is 0 Å². The van der Waals surface area contributed by atoms with E-state index in [0.29, 0.717) is 0 Å². The molecule has 8 atom stereocenters. The molecule has 2 amide bonds. The highest BCUT2D eigenvalue weighted by Gasteiger charge is 2.50. The molecule has 1 saturated heterocycles. The van der Waals surface area contributed by atoms with Gasteiger partial charge in [-0.15, -0.1) is 0 Å². The molecule has 8 unspecified atom stereocenters. The lowest BCUT2D eigenvalue weighted by Gasteiger charge is -2.30. The monoisotopic (exact) mass is 894 g/mol. The number of phosphoric ester groups is 3. The second kappa shape index (κ2) is 20.4. The van der Waals surface area contributed by atoms with Crippen molar-refractivity contribution in [1.29, 1.82) is 0 Å². The van der Waals surface area contributed by atoms with Crippen LogP contribution < -0.4 is 22.1 Å². The van der Waals surface area contributed by atoms with E-state index in [1.807, 2.05) is 0 Å². The van der Waals surface area contributed by atoms with E-state index >= 15 is 0 Å². The maximum Gasteiger partial charge on any atom is 0.481 e. The third-order valence-electron chi connectivity index (χ3n) is 7.86. The number of Topliss-reactive ketones (excluding diaryl/α,β-unsaturated/α-hetero) is 1. The standard InChI is InChI=1S/C27H45N8O18P3S/c1-14(36)4-5-15(28)26(41)57-9-8-30-17(37)6-7-31-24(40)21(39)27(2,3)11-50-56(47,48)53-55(45,46)49-10-16-20(52-54(42,43)44)19(38)25(51-16)35-13-34-18-22(29)32-12-33-23(18)35/h12-13,15-16,19-21,25,38-39H,4-11,28H2,1-3H3,(H,30,37)(H,31,40)(H,45,46)(H,47,48)(H2,29,32,33)(H2,42,43,44). The molecule has 322 valence electrons. The van der Waals surface area contributed by atoms with E-state index < -0.39 is 90.6 Å². The van der Waals surface area contributed by atoms with Crippen LogP contribution in [-0.2, 0) is 55.5 Å². The summed E-state index contributed by atoms with van der Waals surface area (Å²) >= 11 is 0.894. The van der Waals surface area contributed by atoms with Crippen LogP contribution in [0.1, 0.15) is 46.3 Å². The van der Waals surface area contributed by atoms with Gasteiger partial charge in [0, 0.05) is 37.1 Å². The fraction of sp³-hybridized carbons (Fsp3) is 0.667. The average Bonchev–Trinajstić information content (AvgIpc) is 3.66. The van der Waals surface area contributed by atoms with E-state index in [9.17, 15) is 62.7 Å². The van der Waals surface area contributed by atoms with E-state index in [4.69, 9.17) is 25.3 Å². The topological polar surface area (TPSA) is 407 Å². The Kier molecular flexibility index (Phi) is 17.4. The van der Waals surface area contributed by atoms with Gasteiger partial charge in [0.2, 0.25) is 16.9 Å². The number of rotatable bonds is 23. The van der Waals surface area contributed by atoms with Crippen LogP contribution in [0, 0.1) is 5.41 Å². The molecule has 0 spiro atoms. The number of phosphoric acid groups is 3. The lowest BCUT2D eigenvalue weighted by Crippen LogP contribution is -2.46. The summed E-state index contributed by atoms with van der Waals surface area (Å²) in [4.78, 5) is 98.6. The Morgan fingerprint density at radius 2 is 1.70 bits per heavy atom. The highest BCUT2D eigenvalue weighted by atomic mass is 32.2. The van der Waals surface area contributed by atoms with Gasteiger partial charge < -0.3 is 61.4 Å². The smallest absolute Gasteiger partial charge is 0.386 e. The van der Waals surface area contributed by atoms with E-state index in [1.54, 1.807) is 0 Å². The number of imidazole rings is 1. The number of carbonyl (C=O) groups is 4. The van der Waals surface area contributed by atoms with E-state index in [0.717, 1.165) is 29.0 Å². The number of hydrogen-bond donors (Lipinski definition) is 10. The summed E-state index contributed by atoms with van der Waals surface area (Å²) in [5, 5.41) is 25.9. The molecule has 26 nitrogen and oxygen atoms in total. The van der Waals surface area contributed by atoms with E-state index in [2.05, 4.69) is 34.4 Å². The fourth-order valence-corrected chi connectivity index (χ4v) is 8.43. The molecule has 57 heavy (non-hydrogen) atoms. The highest BCUT2D eigenvalue weighted by molar-refractivity contribution is 8.13. The second-order valence-electron chi connectivity index (χ2n) is 13.1. The zero-order valence-electron chi connectivity index (χ0n) is 30.6. The Labute approximate surface area is 328 Å². The van der Waals surface area contributed by atoms with Gasteiger partial charge in [-0.1, -0.05) is 25.6 Å². The van der Waals surface area contributed by atoms with E-state index in [-0.39, 0.29) is 66.0 Å². The van der Waals surface area contributed by atoms with Crippen LogP contribution in [0.5, 0.6) is 0 Å². The Balaban J connectivity index is 1.47. The molecular formula is C27H45N8O18P3S. The molecule has 0 aromatic carbocycles. The summed E-state index contributed by atoms with van der Waals surface area (Å²) in [5.41, 5.74) is 9.94. The number of anilines is 1. The molecular weight excluding hydrogens is 849 g/mol. The summed E-state index contributed by atoms with van der Waals surface area (Å²) in [7, 11) is -16.4. The maximum absolute atomic E-state index is 12.7. The molecule has 1 fully saturated rings. The van der Waals surface area contributed by atoms with Gasteiger partial charge in [0.25, 0.3) is 0 Å². The largest absolute Gasteiger partial charge is 0.481 e. The normalized spacial score (nSPS) is 22.0. The van der Waals surface area contributed by atoms with Crippen LogP contribution in [0.2, 0.25) is 0 Å². The number of aliphatic hydroxyl groups is 2. The molecule has 3 heterocycles. The molecule has 30 heteroatoms. The number of nitrogens with two attached hydrogens (primary N) is 2. The molecule has 0 aliphatic carbocycles. The zero-order chi connectivity index (χ0) is 42.9. The first-order chi connectivity index (χ1) is 26.3. The van der Waals surface area contributed by atoms with Crippen LogP contribution >= 0.6 is 35.2 Å². The molecule has 3 rings (SSSR count). The van der Waals surface area contributed by atoms with Crippen LogP contribution in [0.15, 0.2) is 12.7 Å². The van der Waals surface area contributed by atoms with E-state index in [1.165, 1.54) is 20.8 Å². The molecule has 0 bridgehead atoms. The van der Waals surface area contributed by atoms with Crippen molar-refractivity contribution in [1.82, 2.24) is 30.2 Å². The Morgan fingerprint density at radius 3 is 2.35 bits per heavy atom. The first-order valence-electron chi connectivity index (χ1n) is 16.6. The first kappa shape index (κ1) is 48.6. The maximum atomic E-state index is 12.7. The number of nitrogens with one attached hydrogen (secondary N) is 2. The SMILES string of the molecule is CC(=O)CCC(N)C(=O)SCCNC(=O)CCNC(=O)C(O)C(C)(C)COP(=O)(O)OP(=O)(O)OCC1OC(n2cnc3c(N)ncnc32)C(O)C1OP(=O)(O)O. The quantitative estimate of drug-likeness (QED) is 0.0442. The summed E-state index contributed by atoms with van der Waals surface area (Å²) in [5.74, 6) is -1.44. The number of hydrogen-bond acceptors (Lipinski definition) is 20. The van der Waals surface area contributed by atoms with Gasteiger partial charge in [0.05, 0.1) is 25.6 Å². The van der Waals surface area contributed by atoms with Crippen LogP contribution in [0.4, 0.5) is 5.82 Å². The highest BCUT2D eigenvalue weighted by Crippen LogP contribution is 2.61. The predicted molar refractivity (Wildman–Crippen MR) is 195 cm³/mol. The number of ketones is 1. The summed E-state index contributed by atoms with van der Waals surface area (Å²) in [6.45, 7) is 1.66. The number of aromatic nitrogens is 4. The van der Waals surface area contributed by atoms with Crippen LogP contribution in [-0.4, -0.2) is 135 Å². The predicted octanol–water partition coefficient (Wildman–Crippen LogP) is -1.64. The van der Waals surface area contributed by atoms with Crippen molar-refractivity contribution in [3.8, 4) is 0 Å². The van der Waals surface area contributed by atoms with Gasteiger partial charge in [-0.25, -0.2) is 28.6 Å². The second-order valence-corrected chi connectivity index (χ2v) is 18.4. The lowest BCUT2D eigenvalue weighted by atomic mass is 9.87. The van der Waals surface area contributed by atoms with Gasteiger partial charge in [-0.3, -0.25) is 32.5 Å². The number of amides is 2. The number of aliphatic hydroxyl groups excluding tert-OH is 2. The van der Waals surface area contributed by atoms with Gasteiger partial charge in [0.15, 0.2) is 17.7 Å². The molecule has 2 aromatic rings. The molecule has 0 saturated carbocycles. The van der Waals surface area contributed by atoms with Gasteiger partial charge >= 0.3 is 23.5 Å². The van der Waals surface area contributed by atoms with Crippen molar-refractivity contribution in [2.75, 3.05) is 37.8 Å². The first-order valence-corrected chi connectivity index (χ1v) is 22.1. The average molecular weight is 895 g/mol. The Bertz CT molecular complexity index is 1900. The number of ether oxygens (including phenoxy) is 1. The number of thioether (sulfide) groups is 1. The summed E-state index contributed by atoms with van der Waals surface area (Å²) < 4.78 is 62.0. The van der Waals surface area contributed by atoms with Crippen molar-refractivity contribution in [2.24, 2.45) is 11.1 Å². The van der Waals surface area contributed by atoms with Crippen molar-refractivity contribution >= 4 is 74.9 Å². The van der Waals surface area contributed by atoms with Crippen molar-refractivity contribution < 1.29 is 85.3 Å². The molecule has 12 N–H and O–H groups in total. The van der Waals surface area contributed by atoms with Gasteiger partial charge in [0.1, 0.15) is 42.0 Å². The minimum Gasteiger partial charge on any atom is -0.386 e. The minimum atomic E-state index is -5.58. The van der Waals surface area contributed by atoms with Crippen LogP contribution in [0.3, 0.4) is 0 Å². The number of nitrogens with zero attached hydrogens (tertiary/aromatic N) is 4. The molecule has 0 radical (unpaired) electrons. The van der Waals surface area contributed by atoms with Gasteiger partial charge in [-0.2, -0.15) is 4.31 Å². The summed E-state index contributed by atoms with van der Waals surface area (Å²) in [6.07, 6.45) is -6.66. The number of fused-ring (bicyclic) bond motifs is 1. The Hall–Kier alpha value is -2.81.